The van der Waals surface area contributed by atoms with Gasteiger partial charge in [-0.1, -0.05) is 65.8 Å². The lowest BCUT2D eigenvalue weighted by Gasteiger charge is -2.35. The zero-order chi connectivity index (χ0) is 19.4. The van der Waals surface area contributed by atoms with Crippen LogP contribution < -0.4 is 5.32 Å². The summed E-state index contributed by atoms with van der Waals surface area (Å²) in [5.41, 5.74) is 0.243. The van der Waals surface area contributed by atoms with Crippen molar-refractivity contribution in [3.8, 4) is 0 Å². The van der Waals surface area contributed by atoms with Gasteiger partial charge < -0.3 is 9.57 Å². The number of hydrogen-bond donors (Lipinski definition) is 1. The van der Waals surface area contributed by atoms with E-state index in [9.17, 15) is 9.59 Å². The number of ether oxygens (including phenoxy) is 1. The van der Waals surface area contributed by atoms with Gasteiger partial charge in [0.25, 0.3) is 0 Å². The van der Waals surface area contributed by atoms with Crippen molar-refractivity contribution in [1.29, 1.82) is 0 Å². The molecule has 0 amide bonds. The molecule has 2 spiro atoms. The lowest BCUT2D eigenvalue weighted by molar-refractivity contribution is -0.150. The summed E-state index contributed by atoms with van der Waals surface area (Å²) in [6.07, 6.45) is 0.483. The average Bonchev–Trinajstić information content (AvgIpc) is 3.35. The van der Waals surface area contributed by atoms with Crippen LogP contribution >= 0.6 is 0 Å². The number of cyclic esters (lactones) is 1. The highest BCUT2D eigenvalue weighted by atomic mass is 16.7. The smallest absolute Gasteiger partial charge is 0.349 e. The van der Waals surface area contributed by atoms with E-state index >= 15 is 0 Å². The molecule has 1 N–H and O–H groups in total. The minimum Gasteiger partial charge on any atom is -0.464 e. The second-order valence-corrected chi connectivity index (χ2v) is 7.61. The molecule has 0 aliphatic carbocycles. The number of benzene rings is 2. The third kappa shape index (κ3) is 2.04. The Labute approximate surface area is 162 Å². The summed E-state index contributed by atoms with van der Waals surface area (Å²) in [7, 11) is 0. The van der Waals surface area contributed by atoms with Crippen LogP contribution in [-0.4, -0.2) is 29.8 Å². The lowest BCUT2D eigenvalue weighted by Crippen LogP contribution is -2.50. The van der Waals surface area contributed by atoms with E-state index in [4.69, 9.17) is 9.57 Å². The van der Waals surface area contributed by atoms with Crippen molar-refractivity contribution in [3.05, 3.63) is 71.8 Å². The van der Waals surface area contributed by atoms with Gasteiger partial charge in [-0.25, -0.2) is 4.79 Å². The Morgan fingerprint density at radius 2 is 1.61 bits per heavy atom. The molecule has 6 nitrogen and oxygen atoms in total. The van der Waals surface area contributed by atoms with Crippen LogP contribution in [0.15, 0.2) is 65.8 Å². The second-order valence-electron chi connectivity index (χ2n) is 7.61. The maximum atomic E-state index is 13.3. The molecule has 3 aliphatic rings. The third-order valence-corrected chi connectivity index (χ3v) is 6.37. The summed E-state index contributed by atoms with van der Waals surface area (Å²) in [5, 5.41) is 7.58. The van der Waals surface area contributed by atoms with E-state index in [0.29, 0.717) is 18.7 Å². The van der Waals surface area contributed by atoms with Gasteiger partial charge in [-0.05, 0) is 18.1 Å². The predicted molar refractivity (Wildman–Crippen MR) is 101 cm³/mol. The number of esters is 1. The fraction of sp³-hybridized carbons (Fsp3) is 0.318. The van der Waals surface area contributed by atoms with Gasteiger partial charge in [-0.2, -0.15) is 0 Å². The maximum absolute atomic E-state index is 13.3. The van der Waals surface area contributed by atoms with Crippen LogP contribution in [0, 0.1) is 5.41 Å². The Morgan fingerprint density at radius 3 is 2.14 bits per heavy atom. The molecule has 6 heteroatoms. The molecular formula is C22H20N2O4. The Balaban J connectivity index is 1.81. The molecule has 2 aromatic rings. The molecule has 2 aromatic carbocycles. The summed E-state index contributed by atoms with van der Waals surface area (Å²) in [6, 6.07) is 18.9. The minimum absolute atomic E-state index is 0.317. The largest absolute Gasteiger partial charge is 0.464 e. The van der Waals surface area contributed by atoms with Crippen LogP contribution in [0.3, 0.4) is 0 Å². The van der Waals surface area contributed by atoms with Crippen molar-refractivity contribution in [3.63, 3.8) is 0 Å². The predicted octanol–water partition coefficient (Wildman–Crippen LogP) is 2.72. The molecule has 4 atom stereocenters. The molecule has 0 bridgehead atoms. The van der Waals surface area contributed by atoms with Crippen LogP contribution in [0.25, 0.3) is 0 Å². The number of carbonyl (C=O) groups is 2. The second kappa shape index (κ2) is 6.01. The Morgan fingerprint density at radius 1 is 0.964 bits per heavy atom. The molecule has 5 rings (SSSR count). The van der Waals surface area contributed by atoms with Crippen molar-refractivity contribution in [1.82, 2.24) is 5.32 Å². The molecule has 0 radical (unpaired) electrons. The van der Waals surface area contributed by atoms with Gasteiger partial charge in [0.15, 0.2) is 0 Å². The molecule has 0 unspecified atom stereocenters. The lowest BCUT2D eigenvalue weighted by atomic mass is 9.61. The van der Waals surface area contributed by atoms with Crippen molar-refractivity contribution in [2.45, 2.75) is 30.8 Å². The third-order valence-electron chi connectivity index (χ3n) is 6.37. The molecule has 0 saturated carbocycles. The van der Waals surface area contributed by atoms with E-state index in [0.717, 1.165) is 11.1 Å². The van der Waals surface area contributed by atoms with Crippen LogP contribution in [0.1, 0.15) is 36.4 Å². The summed E-state index contributed by atoms with van der Waals surface area (Å²) < 4.78 is 5.41. The molecule has 3 heterocycles. The highest BCUT2D eigenvalue weighted by Gasteiger charge is 2.74. The van der Waals surface area contributed by atoms with Crippen LogP contribution in [0.5, 0.6) is 0 Å². The maximum Gasteiger partial charge on any atom is 0.349 e. The van der Waals surface area contributed by atoms with Crippen molar-refractivity contribution in [2.24, 2.45) is 10.6 Å². The first kappa shape index (κ1) is 17.1. The van der Waals surface area contributed by atoms with E-state index in [-0.39, 0.29) is 5.97 Å². The van der Waals surface area contributed by atoms with Crippen LogP contribution in [-0.2, 0) is 19.2 Å². The Kier molecular flexibility index (Phi) is 3.67. The van der Waals surface area contributed by atoms with Gasteiger partial charge in [0.2, 0.25) is 0 Å². The fourth-order valence-corrected chi connectivity index (χ4v) is 5.19. The molecular weight excluding hydrogens is 356 g/mol. The van der Waals surface area contributed by atoms with E-state index in [1.807, 2.05) is 60.7 Å². The summed E-state index contributed by atoms with van der Waals surface area (Å²) in [6.45, 7) is 2.12. The molecule has 142 valence electrons. The van der Waals surface area contributed by atoms with Gasteiger partial charge >= 0.3 is 11.9 Å². The van der Waals surface area contributed by atoms with Crippen LogP contribution in [0.2, 0.25) is 0 Å². The number of carbonyl (C=O) groups excluding carboxylic acids is 2. The van der Waals surface area contributed by atoms with Gasteiger partial charge in [0, 0.05) is 12.3 Å². The van der Waals surface area contributed by atoms with Crippen molar-refractivity contribution >= 4 is 17.7 Å². The standard InChI is InChI=1S/C22H20N2O4/c1-14-22(20(26)28-24-14)17(15-8-4-2-5-9-15)21(12-13-27-19(21)25)23-18(22)16-10-6-3-7-11-16/h2-11,17-18,23H,12-13H2,1H3/t17-,18-,21+,22-/m1/s1. The number of nitrogens with zero attached hydrogens (tertiary/aromatic N) is 1. The first-order valence-corrected chi connectivity index (χ1v) is 9.42. The molecule has 2 fully saturated rings. The summed E-state index contributed by atoms with van der Waals surface area (Å²) >= 11 is 0. The quantitative estimate of drug-likeness (QED) is 0.644. The molecule has 28 heavy (non-hydrogen) atoms. The number of hydrogen-bond acceptors (Lipinski definition) is 6. The van der Waals surface area contributed by atoms with Crippen LogP contribution in [0.4, 0.5) is 0 Å². The van der Waals surface area contributed by atoms with E-state index < -0.39 is 28.9 Å². The zero-order valence-electron chi connectivity index (χ0n) is 15.4. The summed E-state index contributed by atoms with van der Waals surface area (Å²) in [5.74, 6) is -1.25. The first-order chi connectivity index (χ1) is 13.6. The van der Waals surface area contributed by atoms with E-state index in [2.05, 4.69) is 10.5 Å². The minimum atomic E-state index is -1.12. The number of nitrogens with one attached hydrogen (secondary N) is 1. The van der Waals surface area contributed by atoms with Crippen molar-refractivity contribution in [2.75, 3.05) is 6.61 Å². The molecule has 2 saturated heterocycles. The highest BCUT2D eigenvalue weighted by molar-refractivity contribution is 6.12. The van der Waals surface area contributed by atoms with Gasteiger partial charge in [0.1, 0.15) is 11.0 Å². The molecule has 0 aromatic heterocycles. The van der Waals surface area contributed by atoms with Gasteiger partial charge in [-0.15, -0.1) is 0 Å². The summed E-state index contributed by atoms with van der Waals surface area (Å²) in [4.78, 5) is 31.5. The number of rotatable bonds is 2. The number of oxime groups is 1. The van der Waals surface area contributed by atoms with E-state index in [1.54, 1.807) is 6.92 Å². The monoisotopic (exact) mass is 376 g/mol. The van der Waals surface area contributed by atoms with Crippen molar-refractivity contribution < 1.29 is 19.2 Å². The zero-order valence-corrected chi connectivity index (χ0v) is 15.4. The first-order valence-electron chi connectivity index (χ1n) is 9.42. The topological polar surface area (TPSA) is 77.0 Å². The average molecular weight is 376 g/mol. The van der Waals surface area contributed by atoms with Gasteiger partial charge in [0.05, 0.1) is 18.4 Å². The van der Waals surface area contributed by atoms with Gasteiger partial charge in [-0.3, -0.25) is 10.1 Å². The fourth-order valence-electron chi connectivity index (χ4n) is 5.19. The SMILES string of the molecule is CC1=NOC(=O)[C@]12[C@@H](c1ccccc1)N[C@@]1(CCOC1=O)[C@H]2c1ccccc1. The normalized spacial score (nSPS) is 34.0. The Hall–Kier alpha value is -2.99. The molecule has 3 aliphatic heterocycles. The van der Waals surface area contributed by atoms with E-state index in [1.165, 1.54) is 0 Å². The highest BCUT2D eigenvalue weighted by Crippen LogP contribution is 2.62. The Bertz CT molecular complexity index is 975.